The molecule has 1 aromatic carbocycles. The van der Waals surface area contributed by atoms with Crippen LogP contribution in [0.2, 0.25) is 0 Å². The largest absolute Gasteiger partial charge is 0.322 e. The van der Waals surface area contributed by atoms with E-state index in [0.29, 0.717) is 0 Å². The highest BCUT2D eigenvalue weighted by Crippen LogP contribution is 2.29. The Morgan fingerprint density at radius 1 is 1.20 bits per heavy atom. The Morgan fingerprint density at radius 3 is 2.75 bits per heavy atom. The monoisotopic (exact) mass is 410 g/mol. The van der Waals surface area contributed by atoms with Crippen molar-refractivity contribution < 1.29 is 0 Å². The van der Waals surface area contributed by atoms with Crippen LogP contribution in [0.25, 0.3) is 10.9 Å². The number of hydrogen-bond acceptors (Lipinski definition) is 3. The molecule has 0 aliphatic heterocycles. The summed E-state index contributed by atoms with van der Waals surface area (Å²) in [5, 5.41) is 3.19. The Labute approximate surface area is 138 Å². The Balaban J connectivity index is 1.94. The molecule has 0 spiro atoms. The number of hydrogen-bond donors (Lipinski definition) is 1. The van der Waals surface area contributed by atoms with Gasteiger partial charge in [-0.2, -0.15) is 0 Å². The van der Waals surface area contributed by atoms with E-state index in [1.54, 1.807) is 11.3 Å². The molecule has 1 unspecified atom stereocenters. The number of benzene rings is 1. The number of nitrogens with zero attached hydrogens (tertiary/aromatic N) is 1. The summed E-state index contributed by atoms with van der Waals surface area (Å²) in [5.74, 6) is 0. The molecule has 0 saturated carbocycles. The van der Waals surface area contributed by atoms with Crippen molar-refractivity contribution in [3.8, 4) is 0 Å². The number of pyridine rings is 1. The van der Waals surface area contributed by atoms with E-state index in [4.69, 9.17) is 10.7 Å². The van der Waals surface area contributed by atoms with Gasteiger partial charge in [0.2, 0.25) is 0 Å². The Bertz CT molecular complexity index is 754. The molecule has 0 amide bonds. The summed E-state index contributed by atoms with van der Waals surface area (Å²) >= 11 is 8.77. The molecule has 0 aliphatic rings. The summed E-state index contributed by atoms with van der Waals surface area (Å²) < 4.78 is 2.08. The molecule has 2 N–H and O–H groups in total. The normalized spacial score (nSPS) is 12.8. The van der Waals surface area contributed by atoms with Crippen LogP contribution >= 0.6 is 43.2 Å². The average molecular weight is 412 g/mol. The van der Waals surface area contributed by atoms with E-state index in [1.807, 2.05) is 18.2 Å². The molecule has 0 radical (unpaired) electrons. The lowest BCUT2D eigenvalue weighted by Crippen LogP contribution is -2.15. The predicted molar refractivity (Wildman–Crippen MR) is 92.1 cm³/mol. The van der Waals surface area contributed by atoms with Crippen LogP contribution in [0.15, 0.2) is 50.7 Å². The maximum atomic E-state index is 6.33. The summed E-state index contributed by atoms with van der Waals surface area (Å²) in [6, 6.07) is 12.2. The van der Waals surface area contributed by atoms with E-state index in [0.717, 1.165) is 32.0 Å². The van der Waals surface area contributed by atoms with Gasteiger partial charge in [0.15, 0.2) is 0 Å². The number of nitrogens with two attached hydrogens (primary N) is 1. The molecule has 20 heavy (non-hydrogen) atoms. The molecule has 0 aliphatic carbocycles. The second-order valence-electron chi connectivity index (χ2n) is 4.59. The summed E-state index contributed by atoms with van der Waals surface area (Å²) in [5.41, 5.74) is 8.22. The molecule has 3 rings (SSSR count). The predicted octanol–water partition coefficient (Wildman–Crippen LogP) is 5.06. The van der Waals surface area contributed by atoms with E-state index in [2.05, 4.69) is 55.4 Å². The van der Waals surface area contributed by atoms with E-state index in [-0.39, 0.29) is 6.04 Å². The smallest absolute Gasteiger partial charge is 0.0724 e. The first-order chi connectivity index (χ1) is 9.63. The first-order valence-electron chi connectivity index (χ1n) is 6.17. The van der Waals surface area contributed by atoms with Crippen molar-refractivity contribution in [1.29, 1.82) is 0 Å². The van der Waals surface area contributed by atoms with Crippen LogP contribution in [0.1, 0.15) is 16.6 Å². The molecule has 3 aromatic rings. The molecule has 5 heteroatoms. The molecular formula is C15H12Br2N2S. The molecule has 0 bridgehead atoms. The zero-order valence-electron chi connectivity index (χ0n) is 10.5. The zero-order chi connectivity index (χ0) is 14.1. The van der Waals surface area contributed by atoms with Gasteiger partial charge in [-0.3, -0.25) is 0 Å². The van der Waals surface area contributed by atoms with Gasteiger partial charge in [0.1, 0.15) is 0 Å². The fraction of sp³-hybridized carbons (Fsp3) is 0.133. The van der Waals surface area contributed by atoms with Crippen molar-refractivity contribution in [2.75, 3.05) is 0 Å². The van der Waals surface area contributed by atoms with Gasteiger partial charge in [-0.25, -0.2) is 4.98 Å². The molecule has 2 nitrogen and oxygen atoms in total. The van der Waals surface area contributed by atoms with Gasteiger partial charge in [0.05, 0.1) is 17.3 Å². The van der Waals surface area contributed by atoms with Gasteiger partial charge in [-0.15, -0.1) is 11.3 Å². The first kappa shape index (κ1) is 14.2. The van der Waals surface area contributed by atoms with Crippen LogP contribution < -0.4 is 5.73 Å². The topological polar surface area (TPSA) is 38.9 Å². The van der Waals surface area contributed by atoms with Crippen LogP contribution in [0.3, 0.4) is 0 Å². The molecule has 2 aromatic heterocycles. The fourth-order valence-corrected chi connectivity index (χ4v) is 4.28. The molecular weight excluding hydrogens is 400 g/mol. The van der Waals surface area contributed by atoms with Crippen molar-refractivity contribution in [3.05, 3.63) is 61.3 Å². The number of fused-ring (bicyclic) bond motifs is 1. The summed E-state index contributed by atoms with van der Waals surface area (Å²) in [4.78, 5) is 5.95. The SMILES string of the molecule is NC(Cc1cc(Br)cs1)c1nc2ccccc2cc1Br. The summed E-state index contributed by atoms with van der Waals surface area (Å²) in [6.45, 7) is 0. The lowest BCUT2D eigenvalue weighted by atomic mass is 10.1. The van der Waals surface area contributed by atoms with Gasteiger partial charge < -0.3 is 5.73 Å². The number of aromatic nitrogens is 1. The lowest BCUT2D eigenvalue weighted by Gasteiger charge is -2.13. The highest BCUT2D eigenvalue weighted by molar-refractivity contribution is 9.10. The van der Waals surface area contributed by atoms with Crippen LogP contribution in [0.4, 0.5) is 0 Å². The van der Waals surface area contributed by atoms with Crippen LogP contribution in [-0.4, -0.2) is 4.98 Å². The molecule has 0 fully saturated rings. The second kappa shape index (κ2) is 5.93. The van der Waals surface area contributed by atoms with Crippen molar-refractivity contribution in [2.24, 2.45) is 5.73 Å². The Kier molecular flexibility index (Phi) is 4.21. The summed E-state index contributed by atoms with van der Waals surface area (Å²) in [6.07, 6.45) is 0.792. The van der Waals surface area contributed by atoms with Gasteiger partial charge >= 0.3 is 0 Å². The van der Waals surface area contributed by atoms with Crippen molar-refractivity contribution in [1.82, 2.24) is 4.98 Å². The van der Waals surface area contributed by atoms with Crippen LogP contribution in [0.5, 0.6) is 0 Å². The minimum atomic E-state index is -0.112. The van der Waals surface area contributed by atoms with E-state index in [1.165, 1.54) is 4.88 Å². The third-order valence-corrected chi connectivity index (χ3v) is 5.45. The Hall–Kier alpha value is -0.750. The molecule has 102 valence electrons. The van der Waals surface area contributed by atoms with E-state index < -0.39 is 0 Å². The van der Waals surface area contributed by atoms with Crippen LogP contribution in [0, 0.1) is 0 Å². The van der Waals surface area contributed by atoms with Gasteiger partial charge in [0, 0.05) is 31.0 Å². The minimum Gasteiger partial charge on any atom is -0.322 e. The van der Waals surface area contributed by atoms with Gasteiger partial charge in [0.25, 0.3) is 0 Å². The number of para-hydroxylation sites is 1. The second-order valence-corrected chi connectivity index (χ2v) is 7.36. The highest BCUT2D eigenvalue weighted by atomic mass is 79.9. The van der Waals surface area contributed by atoms with Gasteiger partial charge in [-0.1, -0.05) is 18.2 Å². The maximum Gasteiger partial charge on any atom is 0.0724 e. The highest BCUT2D eigenvalue weighted by Gasteiger charge is 2.14. The van der Waals surface area contributed by atoms with Crippen molar-refractivity contribution >= 4 is 54.1 Å². The van der Waals surface area contributed by atoms with E-state index >= 15 is 0 Å². The molecule has 1 atom stereocenters. The first-order valence-corrected chi connectivity index (χ1v) is 8.64. The summed E-state index contributed by atoms with van der Waals surface area (Å²) in [7, 11) is 0. The standard InChI is InChI=1S/C15H12Br2N2S/c16-10-6-11(20-8-10)7-13(18)15-12(17)5-9-3-1-2-4-14(9)19-15/h1-6,8,13H,7,18H2. The quantitative estimate of drug-likeness (QED) is 0.653. The van der Waals surface area contributed by atoms with E-state index in [9.17, 15) is 0 Å². The zero-order valence-corrected chi connectivity index (χ0v) is 14.5. The number of rotatable bonds is 3. The van der Waals surface area contributed by atoms with Gasteiger partial charge in [-0.05, 0) is 50.1 Å². The molecule has 0 saturated heterocycles. The third-order valence-electron chi connectivity index (χ3n) is 3.10. The third kappa shape index (κ3) is 2.96. The minimum absolute atomic E-state index is 0.112. The van der Waals surface area contributed by atoms with Crippen molar-refractivity contribution in [2.45, 2.75) is 12.5 Å². The number of halogens is 2. The average Bonchev–Trinajstić information content (AvgIpc) is 2.83. The lowest BCUT2D eigenvalue weighted by molar-refractivity contribution is 0.703. The molecule has 2 heterocycles. The number of thiophene rings is 1. The fourth-order valence-electron chi connectivity index (χ4n) is 2.14. The van der Waals surface area contributed by atoms with Crippen molar-refractivity contribution in [3.63, 3.8) is 0 Å². The Morgan fingerprint density at radius 2 is 2.00 bits per heavy atom. The van der Waals surface area contributed by atoms with Crippen LogP contribution in [-0.2, 0) is 6.42 Å². The maximum absolute atomic E-state index is 6.33.